The zero-order valence-corrected chi connectivity index (χ0v) is 11.8. The zero-order valence-electron chi connectivity index (χ0n) is 11.0. The largest absolute Gasteiger partial charge is 0.384 e. The molecule has 0 aromatic heterocycles. The molecule has 1 fully saturated rings. The maximum absolute atomic E-state index is 12.0. The Kier molecular flexibility index (Phi) is 3.95. The van der Waals surface area contributed by atoms with E-state index in [4.69, 9.17) is 0 Å². The van der Waals surface area contributed by atoms with Gasteiger partial charge in [0.2, 0.25) is 0 Å². The van der Waals surface area contributed by atoms with Gasteiger partial charge in [-0.05, 0) is 36.8 Å². The lowest BCUT2D eigenvalue weighted by atomic mass is 10.1. The van der Waals surface area contributed by atoms with E-state index in [1.807, 2.05) is 12.1 Å². The van der Waals surface area contributed by atoms with Crippen molar-refractivity contribution in [2.45, 2.75) is 31.6 Å². The molecule has 4 heteroatoms. The van der Waals surface area contributed by atoms with Crippen LogP contribution in [0.1, 0.15) is 26.7 Å². The number of sulfone groups is 1. The van der Waals surface area contributed by atoms with Crippen molar-refractivity contribution < 1.29 is 8.42 Å². The number of nitrogens with one attached hydrogen (secondary N) is 1. The third-order valence-corrected chi connectivity index (χ3v) is 5.43. The summed E-state index contributed by atoms with van der Waals surface area (Å²) in [5, 5.41) is 3.30. The van der Waals surface area contributed by atoms with Gasteiger partial charge in [0.05, 0.1) is 16.3 Å². The summed E-state index contributed by atoms with van der Waals surface area (Å²) in [6.45, 7) is 4.75. The molecule has 1 atom stereocenters. The van der Waals surface area contributed by atoms with Gasteiger partial charge in [0.1, 0.15) is 0 Å². The maximum atomic E-state index is 12.0. The molecule has 2 rings (SSSR count). The van der Waals surface area contributed by atoms with Crippen molar-refractivity contribution in [1.29, 1.82) is 0 Å². The molecule has 0 heterocycles. The topological polar surface area (TPSA) is 46.2 Å². The third-order valence-electron chi connectivity index (χ3n) is 3.64. The minimum atomic E-state index is -3.14. The fourth-order valence-corrected chi connectivity index (χ4v) is 3.21. The van der Waals surface area contributed by atoms with Gasteiger partial charge in [-0.15, -0.1) is 0 Å². The molecule has 0 aliphatic heterocycles. The van der Waals surface area contributed by atoms with Gasteiger partial charge in [0.25, 0.3) is 0 Å². The molecule has 1 N–H and O–H groups in total. The summed E-state index contributed by atoms with van der Waals surface area (Å²) in [5.41, 5.74) is 0.742. The third kappa shape index (κ3) is 3.05. The van der Waals surface area contributed by atoms with Crippen molar-refractivity contribution in [2.75, 3.05) is 17.6 Å². The first-order valence-corrected chi connectivity index (χ1v) is 8.25. The van der Waals surface area contributed by atoms with Crippen LogP contribution in [-0.2, 0) is 9.84 Å². The highest BCUT2D eigenvalue weighted by Gasteiger charge is 2.27. The summed E-state index contributed by atoms with van der Waals surface area (Å²) in [6.07, 6.45) is 2.63. The van der Waals surface area contributed by atoms with Crippen molar-refractivity contribution in [3.8, 4) is 0 Å². The normalized spacial score (nSPS) is 17.4. The Morgan fingerprint density at radius 1 is 1.33 bits per heavy atom. The quantitative estimate of drug-likeness (QED) is 0.862. The zero-order chi connectivity index (χ0) is 13.2. The van der Waals surface area contributed by atoms with E-state index in [2.05, 4.69) is 12.2 Å². The van der Waals surface area contributed by atoms with Gasteiger partial charge in [-0.2, -0.15) is 0 Å². The molecule has 1 aromatic rings. The second-order valence-electron chi connectivity index (χ2n) is 5.10. The van der Waals surface area contributed by atoms with Crippen LogP contribution in [-0.4, -0.2) is 20.7 Å². The molecule has 0 bridgehead atoms. The van der Waals surface area contributed by atoms with E-state index in [0.29, 0.717) is 10.8 Å². The van der Waals surface area contributed by atoms with Gasteiger partial charge in [-0.25, -0.2) is 8.42 Å². The summed E-state index contributed by atoms with van der Waals surface area (Å²) in [7, 11) is -3.14. The minimum absolute atomic E-state index is 0.143. The Labute approximate surface area is 110 Å². The van der Waals surface area contributed by atoms with Gasteiger partial charge in [-0.3, -0.25) is 0 Å². The monoisotopic (exact) mass is 267 g/mol. The van der Waals surface area contributed by atoms with Crippen LogP contribution in [0.5, 0.6) is 0 Å². The van der Waals surface area contributed by atoms with E-state index < -0.39 is 9.84 Å². The molecule has 0 saturated heterocycles. The highest BCUT2D eigenvalue weighted by Crippen LogP contribution is 2.36. The van der Waals surface area contributed by atoms with Crippen molar-refractivity contribution in [3.63, 3.8) is 0 Å². The lowest BCUT2D eigenvalue weighted by Crippen LogP contribution is -2.15. The second-order valence-corrected chi connectivity index (χ2v) is 7.34. The van der Waals surface area contributed by atoms with Crippen molar-refractivity contribution in [2.24, 2.45) is 11.8 Å². The maximum Gasteiger partial charge on any atom is 0.180 e. The van der Waals surface area contributed by atoms with E-state index in [9.17, 15) is 8.42 Å². The van der Waals surface area contributed by atoms with Crippen LogP contribution >= 0.6 is 0 Å². The van der Waals surface area contributed by atoms with E-state index >= 15 is 0 Å². The van der Waals surface area contributed by atoms with Crippen molar-refractivity contribution in [3.05, 3.63) is 24.3 Å². The number of para-hydroxylation sites is 1. The smallest absolute Gasteiger partial charge is 0.180 e. The highest BCUT2D eigenvalue weighted by molar-refractivity contribution is 7.91. The Morgan fingerprint density at radius 3 is 2.61 bits per heavy atom. The SMILES string of the molecule is CCS(=O)(=O)c1ccccc1NCC(C)C1CC1. The molecule has 0 spiro atoms. The standard InChI is InChI=1S/C14H21NO2S/c1-3-18(16,17)14-7-5-4-6-13(14)15-10-11(2)12-8-9-12/h4-7,11-12,15H,3,8-10H2,1-2H3. The Morgan fingerprint density at radius 2 is 2.00 bits per heavy atom. The summed E-state index contributed by atoms with van der Waals surface area (Å²) in [5.74, 6) is 1.58. The number of rotatable bonds is 6. The van der Waals surface area contributed by atoms with Crippen LogP contribution in [0.4, 0.5) is 5.69 Å². The molecule has 1 saturated carbocycles. The van der Waals surface area contributed by atoms with Crippen LogP contribution in [0.25, 0.3) is 0 Å². The molecule has 1 aromatic carbocycles. The number of anilines is 1. The number of hydrogen-bond donors (Lipinski definition) is 1. The molecular weight excluding hydrogens is 246 g/mol. The first kappa shape index (κ1) is 13.4. The van der Waals surface area contributed by atoms with Gasteiger partial charge in [-0.1, -0.05) is 26.0 Å². The number of hydrogen-bond acceptors (Lipinski definition) is 3. The molecule has 1 aliphatic rings. The molecule has 0 radical (unpaired) electrons. The summed E-state index contributed by atoms with van der Waals surface area (Å²) >= 11 is 0. The van der Waals surface area contributed by atoms with Crippen LogP contribution < -0.4 is 5.32 Å². The van der Waals surface area contributed by atoms with Gasteiger partial charge < -0.3 is 5.32 Å². The van der Waals surface area contributed by atoms with Gasteiger partial charge >= 0.3 is 0 Å². The predicted octanol–water partition coefficient (Wildman–Crippen LogP) is 2.94. The van der Waals surface area contributed by atoms with Crippen LogP contribution in [0.15, 0.2) is 29.2 Å². The second kappa shape index (κ2) is 5.31. The summed E-state index contributed by atoms with van der Waals surface area (Å²) < 4.78 is 23.9. The first-order chi connectivity index (χ1) is 8.54. The lowest BCUT2D eigenvalue weighted by Gasteiger charge is -2.15. The molecule has 100 valence electrons. The minimum Gasteiger partial charge on any atom is -0.384 e. The van der Waals surface area contributed by atoms with E-state index in [0.717, 1.165) is 18.2 Å². The van der Waals surface area contributed by atoms with Crippen LogP contribution in [0.3, 0.4) is 0 Å². The molecule has 1 aliphatic carbocycles. The predicted molar refractivity (Wildman–Crippen MR) is 74.5 cm³/mol. The average molecular weight is 267 g/mol. The Hall–Kier alpha value is -1.03. The van der Waals surface area contributed by atoms with Crippen molar-refractivity contribution >= 4 is 15.5 Å². The highest BCUT2D eigenvalue weighted by atomic mass is 32.2. The molecular formula is C14H21NO2S. The molecule has 18 heavy (non-hydrogen) atoms. The van der Waals surface area contributed by atoms with Gasteiger partial charge in [0, 0.05) is 6.54 Å². The van der Waals surface area contributed by atoms with E-state index in [1.165, 1.54) is 12.8 Å². The van der Waals surface area contributed by atoms with Crippen LogP contribution in [0.2, 0.25) is 0 Å². The molecule has 1 unspecified atom stereocenters. The average Bonchev–Trinajstić information content (AvgIpc) is 3.20. The summed E-state index contributed by atoms with van der Waals surface area (Å²) in [6, 6.07) is 7.18. The Balaban J connectivity index is 2.12. The fourth-order valence-electron chi connectivity index (χ4n) is 2.14. The first-order valence-electron chi connectivity index (χ1n) is 6.60. The van der Waals surface area contributed by atoms with E-state index in [1.54, 1.807) is 19.1 Å². The van der Waals surface area contributed by atoms with Crippen molar-refractivity contribution in [1.82, 2.24) is 0 Å². The fraction of sp³-hybridized carbons (Fsp3) is 0.571. The lowest BCUT2D eigenvalue weighted by molar-refractivity contribution is 0.536. The summed E-state index contributed by atoms with van der Waals surface area (Å²) in [4.78, 5) is 0.426. The van der Waals surface area contributed by atoms with Gasteiger partial charge in [0.15, 0.2) is 9.84 Å². The molecule has 0 amide bonds. The Bertz CT molecular complexity index is 506. The number of benzene rings is 1. The van der Waals surface area contributed by atoms with E-state index in [-0.39, 0.29) is 5.75 Å². The molecule has 3 nitrogen and oxygen atoms in total. The van der Waals surface area contributed by atoms with Crippen LogP contribution in [0, 0.1) is 11.8 Å².